The van der Waals surface area contributed by atoms with Gasteiger partial charge in [-0.1, -0.05) is 37.8 Å². The molecule has 0 bridgehead atoms. The first-order valence-corrected chi connectivity index (χ1v) is 15.1. The smallest absolute Gasteiger partial charge is 0.310 e. The first-order chi connectivity index (χ1) is 16.2. The van der Waals surface area contributed by atoms with Gasteiger partial charge in [-0.15, -0.1) is 0 Å². The first kappa shape index (κ1) is 26.5. The van der Waals surface area contributed by atoms with Crippen LogP contribution >= 0.6 is 7.60 Å². The molecule has 8 nitrogen and oxygen atoms in total. The van der Waals surface area contributed by atoms with Gasteiger partial charge in [0.05, 0.1) is 29.3 Å². The zero-order chi connectivity index (χ0) is 24.8. The number of amides is 1. The predicted octanol–water partition coefficient (Wildman–Crippen LogP) is 4.68. The van der Waals surface area contributed by atoms with E-state index in [9.17, 15) is 17.8 Å². The fourth-order valence-electron chi connectivity index (χ4n) is 4.32. The summed E-state index contributed by atoms with van der Waals surface area (Å²) in [5.41, 5.74) is 0.752. The molecule has 2 aromatic rings. The van der Waals surface area contributed by atoms with Crippen LogP contribution < -0.4 is 10.6 Å². The van der Waals surface area contributed by atoms with Gasteiger partial charge in [-0.05, 0) is 56.0 Å². The van der Waals surface area contributed by atoms with Crippen LogP contribution in [0.25, 0.3) is 0 Å². The van der Waals surface area contributed by atoms with Gasteiger partial charge in [0.1, 0.15) is 5.82 Å². The number of nitrogens with zero attached hydrogens (tertiary/aromatic N) is 1. The van der Waals surface area contributed by atoms with E-state index in [2.05, 4.69) is 10.3 Å². The molecule has 10 heteroatoms. The SMILES string of the molecule is CCOP(=O)(OCC)c1ccnc(NC(=O)[C@H](CC2CCCC2)c2ccc(S(C)(=O)=O)cc2)c1. The average Bonchev–Trinajstić information content (AvgIpc) is 3.31. The van der Waals surface area contributed by atoms with Crippen molar-refractivity contribution in [2.45, 2.75) is 56.8 Å². The largest absolute Gasteiger partial charge is 0.361 e. The Morgan fingerprint density at radius 1 is 1.12 bits per heavy atom. The summed E-state index contributed by atoms with van der Waals surface area (Å²) < 4.78 is 47.6. The van der Waals surface area contributed by atoms with E-state index >= 15 is 0 Å². The van der Waals surface area contributed by atoms with Gasteiger partial charge < -0.3 is 14.4 Å². The molecular formula is C24H33N2O6PS. The van der Waals surface area contributed by atoms with E-state index in [1.165, 1.54) is 12.3 Å². The highest BCUT2D eigenvalue weighted by atomic mass is 32.2. The summed E-state index contributed by atoms with van der Waals surface area (Å²) in [6, 6.07) is 9.57. The number of hydrogen-bond acceptors (Lipinski definition) is 7. The van der Waals surface area contributed by atoms with Gasteiger partial charge in [0, 0.05) is 12.5 Å². The van der Waals surface area contributed by atoms with Gasteiger partial charge in [0.2, 0.25) is 5.91 Å². The maximum atomic E-state index is 13.4. The number of nitrogens with one attached hydrogen (secondary N) is 1. The topological polar surface area (TPSA) is 112 Å². The number of pyridine rings is 1. The molecule has 1 aromatic heterocycles. The molecule has 0 spiro atoms. The Labute approximate surface area is 201 Å². The van der Waals surface area contributed by atoms with Crippen molar-refractivity contribution in [3.63, 3.8) is 0 Å². The minimum absolute atomic E-state index is 0.216. The maximum absolute atomic E-state index is 13.4. The van der Waals surface area contributed by atoms with Crippen LogP contribution in [0.2, 0.25) is 0 Å². The van der Waals surface area contributed by atoms with E-state index in [0.29, 0.717) is 17.6 Å². The Balaban J connectivity index is 1.86. The van der Waals surface area contributed by atoms with Crippen molar-refractivity contribution in [1.29, 1.82) is 0 Å². The van der Waals surface area contributed by atoms with Crippen molar-refractivity contribution in [2.75, 3.05) is 24.8 Å². The van der Waals surface area contributed by atoms with Crippen molar-refractivity contribution in [2.24, 2.45) is 5.92 Å². The third-order valence-corrected chi connectivity index (χ3v) is 9.22. The Bertz CT molecular complexity index is 1120. The van der Waals surface area contributed by atoms with Gasteiger partial charge in [0.15, 0.2) is 9.84 Å². The molecule has 1 aliphatic carbocycles. The number of rotatable bonds is 11. The highest BCUT2D eigenvalue weighted by Crippen LogP contribution is 2.47. The third kappa shape index (κ3) is 6.75. The molecule has 1 aliphatic rings. The lowest BCUT2D eigenvalue weighted by atomic mass is 9.87. The van der Waals surface area contributed by atoms with Crippen molar-refractivity contribution >= 4 is 34.5 Å². The summed E-state index contributed by atoms with van der Waals surface area (Å²) in [6.07, 6.45) is 7.74. The molecule has 0 radical (unpaired) electrons. The minimum atomic E-state index is -3.52. The van der Waals surface area contributed by atoms with Gasteiger partial charge in [0.25, 0.3) is 0 Å². The lowest BCUT2D eigenvalue weighted by Gasteiger charge is -2.21. The number of aromatic nitrogens is 1. The minimum Gasteiger partial charge on any atom is -0.310 e. The highest BCUT2D eigenvalue weighted by molar-refractivity contribution is 7.90. The Morgan fingerprint density at radius 2 is 1.74 bits per heavy atom. The van der Waals surface area contributed by atoms with Crippen molar-refractivity contribution in [1.82, 2.24) is 4.98 Å². The summed E-state index contributed by atoms with van der Waals surface area (Å²) in [7, 11) is -6.84. The summed E-state index contributed by atoms with van der Waals surface area (Å²) in [6.45, 7) is 3.90. The fraction of sp³-hybridized carbons (Fsp3) is 0.500. The van der Waals surface area contributed by atoms with Gasteiger partial charge in [-0.25, -0.2) is 13.4 Å². The van der Waals surface area contributed by atoms with Crippen LogP contribution in [0.1, 0.15) is 57.4 Å². The van der Waals surface area contributed by atoms with Crippen molar-refractivity contribution in [3.05, 3.63) is 48.2 Å². The second-order valence-electron chi connectivity index (χ2n) is 8.50. The number of anilines is 1. The van der Waals surface area contributed by atoms with Crippen LogP contribution in [-0.4, -0.2) is 38.8 Å². The molecular weight excluding hydrogens is 475 g/mol. The van der Waals surface area contributed by atoms with Crippen molar-refractivity contribution in [3.8, 4) is 0 Å². The Morgan fingerprint density at radius 3 is 2.29 bits per heavy atom. The van der Waals surface area contributed by atoms with Gasteiger partial charge in [-0.3, -0.25) is 9.36 Å². The molecule has 1 aromatic carbocycles. The lowest BCUT2D eigenvalue weighted by molar-refractivity contribution is -0.118. The number of hydrogen-bond donors (Lipinski definition) is 1. The number of carbonyl (C=O) groups is 1. The normalized spacial score (nSPS) is 15.9. The zero-order valence-corrected chi connectivity index (χ0v) is 21.6. The molecule has 1 amide bonds. The Hall–Kier alpha value is -2.06. The summed E-state index contributed by atoms with van der Waals surface area (Å²) in [5.74, 6) is -0.0221. The first-order valence-electron chi connectivity index (χ1n) is 11.6. The molecule has 1 N–H and O–H groups in total. The second-order valence-corrected chi connectivity index (χ2v) is 12.5. The van der Waals surface area contributed by atoms with Gasteiger partial charge in [-0.2, -0.15) is 0 Å². The van der Waals surface area contributed by atoms with Crippen LogP contribution in [0, 0.1) is 5.92 Å². The maximum Gasteiger partial charge on any atom is 0.361 e. The van der Waals surface area contributed by atoms with Gasteiger partial charge >= 0.3 is 7.60 Å². The lowest BCUT2D eigenvalue weighted by Crippen LogP contribution is -2.24. The molecule has 3 rings (SSSR count). The summed E-state index contributed by atoms with van der Waals surface area (Å²) in [4.78, 5) is 17.8. The van der Waals surface area contributed by atoms with Crippen LogP contribution in [-0.2, 0) is 28.2 Å². The van der Waals surface area contributed by atoms with E-state index < -0.39 is 23.4 Å². The predicted molar refractivity (Wildman–Crippen MR) is 132 cm³/mol. The molecule has 0 saturated heterocycles. The highest BCUT2D eigenvalue weighted by Gasteiger charge is 2.29. The quantitative estimate of drug-likeness (QED) is 0.439. The van der Waals surface area contributed by atoms with E-state index in [0.717, 1.165) is 37.5 Å². The molecule has 1 atom stereocenters. The number of benzene rings is 1. The summed E-state index contributed by atoms with van der Waals surface area (Å²) >= 11 is 0. The number of carbonyl (C=O) groups excluding carboxylic acids is 1. The van der Waals surface area contributed by atoms with Crippen LogP contribution in [0.4, 0.5) is 5.82 Å². The standard InChI is InChI=1S/C24H33N2O6PS/c1-4-31-33(28,32-5-2)20-14-15-25-23(17-20)26-24(27)22(16-18-8-6-7-9-18)19-10-12-21(13-11-19)34(3,29)30/h10-15,17-18,22H,4-9,16H2,1-3H3,(H,25,26,27)/t22-/m1/s1. The van der Waals surface area contributed by atoms with E-state index in [4.69, 9.17) is 9.05 Å². The van der Waals surface area contributed by atoms with E-state index in [1.54, 1.807) is 44.2 Å². The zero-order valence-electron chi connectivity index (χ0n) is 19.9. The van der Waals surface area contributed by atoms with Crippen molar-refractivity contribution < 1.29 is 26.8 Å². The molecule has 0 unspecified atom stereocenters. The summed E-state index contributed by atoms with van der Waals surface area (Å²) in [5, 5.41) is 3.18. The molecule has 34 heavy (non-hydrogen) atoms. The van der Waals surface area contributed by atoms with Crippen LogP contribution in [0.15, 0.2) is 47.5 Å². The molecule has 1 heterocycles. The van der Waals surface area contributed by atoms with E-state index in [1.807, 2.05) is 0 Å². The second kappa shape index (κ2) is 11.6. The molecule has 1 saturated carbocycles. The third-order valence-electron chi connectivity index (χ3n) is 5.98. The van der Waals surface area contributed by atoms with E-state index in [-0.39, 0.29) is 29.8 Å². The van der Waals surface area contributed by atoms with Crippen LogP contribution in [0.3, 0.4) is 0 Å². The Kier molecular flexibility index (Phi) is 9.04. The van der Waals surface area contributed by atoms with Crippen LogP contribution in [0.5, 0.6) is 0 Å². The molecule has 0 aliphatic heterocycles. The number of sulfone groups is 1. The monoisotopic (exact) mass is 508 g/mol. The molecule has 186 valence electrons. The fourth-order valence-corrected chi connectivity index (χ4v) is 6.53. The molecule has 1 fully saturated rings. The average molecular weight is 509 g/mol.